The quantitative estimate of drug-likeness (QED) is 0.875. The molecule has 1 aliphatic heterocycles. The van der Waals surface area contributed by atoms with E-state index in [0.29, 0.717) is 30.6 Å². The first-order chi connectivity index (χ1) is 11.6. The predicted octanol–water partition coefficient (Wildman–Crippen LogP) is 3.32. The van der Waals surface area contributed by atoms with Gasteiger partial charge in [-0.15, -0.1) is 0 Å². The van der Waals surface area contributed by atoms with Gasteiger partial charge in [0.25, 0.3) is 0 Å². The van der Waals surface area contributed by atoms with Crippen molar-refractivity contribution in [1.29, 1.82) is 0 Å². The zero-order chi connectivity index (χ0) is 16.9. The lowest BCUT2D eigenvalue weighted by molar-refractivity contribution is -0.117. The maximum absolute atomic E-state index is 12.2. The summed E-state index contributed by atoms with van der Waals surface area (Å²) in [6.45, 7) is 1.15. The molecule has 130 valence electrons. The fourth-order valence-corrected chi connectivity index (χ4v) is 3.64. The summed E-state index contributed by atoms with van der Waals surface area (Å²) in [6.07, 6.45) is 6.26. The third-order valence-electron chi connectivity index (χ3n) is 4.84. The zero-order valence-electron chi connectivity index (χ0n) is 13.8. The maximum atomic E-state index is 12.2. The average molecular weight is 350 g/mol. The van der Waals surface area contributed by atoms with Gasteiger partial charge in [0, 0.05) is 42.2 Å². The minimum absolute atomic E-state index is 0.0943. The maximum Gasteiger partial charge on any atom is 0.315 e. The van der Waals surface area contributed by atoms with Crippen LogP contribution in [0.1, 0.15) is 38.5 Å². The monoisotopic (exact) mass is 349 g/mol. The molecule has 1 saturated heterocycles. The Hall–Kier alpha value is -1.75. The number of benzene rings is 1. The molecule has 6 heteroatoms. The van der Waals surface area contributed by atoms with Crippen LogP contribution in [0.25, 0.3) is 0 Å². The first-order valence-electron chi connectivity index (χ1n) is 8.72. The van der Waals surface area contributed by atoms with E-state index in [2.05, 4.69) is 10.6 Å². The number of urea groups is 1. The number of halogens is 1. The van der Waals surface area contributed by atoms with Crippen molar-refractivity contribution in [3.63, 3.8) is 0 Å². The van der Waals surface area contributed by atoms with Gasteiger partial charge in [-0.25, -0.2) is 4.79 Å². The molecular formula is C18H24ClN3O2. The number of rotatable bonds is 4. The Morgan fingerprint density at radius 2 is 1.88 bits per heavy atom. The number of amides is 3. The largest absolute Gasteiger partial charge is 0.338 e. The average Bonchev–Trinajstić information content (AvgIpc) is 2.95. The molecule has 0 radical (unpaired) electrons. The fourth-order valence-electron chi connectivity index (χ4n) is 3.51. The smallest absolute Gasteiger partial charge is 0.315 e. The molecule has 0 bridgehead atoms. The predicted molar refractivity (Wildman–Crippen MR) is 95.3 cm³/mol. The highest BCUT2D eigenvalue weighted by Gasteiger charge is 2.30. The van der Waals surface area contributed by atoms with Crippen molar-refractivity contribution >= 4 is 29.2 Å². The van der Waals surface area contributed by atoms with E-state index < -0.39 is 0 Å². The molecule has 0 unspecified atom stereocenters. The molecule has 5 nitrogen and oxygen atoms in total. The summed E-state index contributed by atoms with van der Waals surface area (Å²) >= 11 is 5.89. The molecule has 24 heavy (non-hydrogen) atoms. The Balaban J connectivity index is 1.45. The summed E-state index contributed by atoms with van der Waals surface area (Å²) in [5.41, 5.74) is 0.860. The molecule has 1 heterocycles. The molecule has 1 aromatic rings. The number of nitrogens with one attached hydrogen (secondary N) is 2. The van der Waals surface area contributed by atoms with Crippen LogP contribution in [0.3, 0.4) is 0 Å². The van der Waals surface area contributed by atoms with Crippen LogP contribution in [0.4, 0.5) is 10.5 Å². The molecule has 2 N–H and O–H groups in total. The van der Waals surface area contributed by atoms with Crippen molar-refractivity contribution in [1.82, 2.24) is 10.6 Å². The van der Waals surface area contributed by atoms with Crippen LogP contribution in [-0.2, 0) is 4.79 Å². The lowest BCUT2D eigenvalue weighted by Gasteiger charge is -2.23. The van der Waals surface area contributed by atoms with Crippen molar-refractivity contribution in [2.45, 2.75) is 44.6 Å². The summed E-state index contributed by atoms with van der Waals surface area (Å²) in [5, 5.41) is 6.62. The van der Waals surface area contributed by atoms with Crippen LogP contribution in [-0.4, -0.2) is 31.1 Å². The number of hydrogen-bond donors (Lipinski definition) is 2. The Morgan fingerprint density at radius 1 is 1.17 bits per heavy atom. The zero-order valence-corrected chi connectivity index (χ0v) is 14.5. The molecule has 0 aromatic heterocycles. The van der Waals surface area contributed by atoms with E-state index in [-0.39, 0.29) is 17.9 Å². The second kappa shape index (κ2) is 7.88. The van der Waals surface area contributed by atoms with Gasteiger partial charge in [-0.05, 0) is 37.1 Å². The van der Waals surface area contributed by atoms with E-state index in [1.807, 2.05) is 12.1 Å². The number of carbonyl (C=O) groups excluding carboxylic acids is 2. The number of anilines is 1. The van der Waals surface area contributed by atoms with Gasteiger partial charge in [-0.2, -0.15) is 0 Å². The molecule has 1 saturated carbocycles. The normalized spacial score (nSPS) is 21.8. The first-order valence-corrected chi connectivity index (χ1v) is 9.10. The molecule has 3 amide bonds. The highest BCUT2D eigenvalue weighted by atomic mass is 35.5. The van der Waals surface area contributed by atoms with Crippen molar-refractivity contribution in [2.75, 3.05) is 18.0 Å². The molecule has 3 rings (SSSR count). The van der Waals surface area contributed by atoms with Gasteiger partial charge in [0.05, 0.1) is 0 Å². The third kappa shape index (κ3) is 4.41. The van der Waals surface area contributed by atoms with E-state index in [1.165, 1.54) is 19.3 Å². The van der Waals surface area contributed by atoms with E-state index >= 15 is 0 Å². The summed E-state index contributed by atoms with van der Waals surface area (Å²) in [4.78, 5) is 26.0. The Morgan fingerprint density at radius 3 is 2.58 bits per heavy atom. The molecular weight excluding hydrogens is 326 g/mol. The number of nitrogens with zero attached hydrogens (tertiary/aromatic N) is 1. The molecule has 0 spiro atoms. The van der Waals surface area contributed by atoms with E-state index in [0.717, 1.165) is 18.5 Å². The minimum Gasteiger partial charge on any atom is -0.338 e. The molecule has 2 fully saturated rings. The molecule has 1 aromatic carbocycles. The SMILES string of the molecule is O=C(NC[C@@H]1CC(=O)N(c2ccc(Cl)cc2)C1)NC1CCCCC1. The molecule has 1 aliphatic carbocycles. The standard InChI is InChI=1S/C18H24ClN3O2/c19-14-6-8-16(9-7-14)22-12-13(10-17(22)23)11-20-18(24)21-15-4-2-1-3-5-15/h6-9,13,15H,1-5,10-12H2,(H2,20,21,24)/t13-/m0/s1. The molecule has 1 atom stereocenters. The highest BCUT2D eigenvalue weighted by Crippen LogP contribution is 2.26. The van der Waals surface area contributed by atoms with Gasteiger partial charge >= 0.3 is 6.03 Å². The van der Waals surface area contributed by atoms with Crippen molar-refractivity contribution in [3.05, 3.63) is 29.3 Å². The van der Waals surface area contributed by atoms with Gasteiger partial charge in [0.2, 0.25) is 5.91 Å². The van der Waals surface area contributed by atoms with E-state index in [9.17, 15) is 9.59 Å². The highest BCUT2D eigenvalue weighted by molar-refractivity contribution is 6.30. The van der Waals surface area contributed by atoms with Crippen LogP contribution in [0.2, 0.25) is 5.02 Å². The topological polar surface area (TPSA) is 61.4 Å². The van der Waals surface area contributed by atoms with Gasteiger partial charge in [0.1, 0.15) is 0 Å². The van der Waals surface area contributed by atoms with Gasteiger partial charge in [-0.1, -0.05) is 30.9 Å². The van der Waals surface area contributed by atoms with E-state index in [4.69, 9.17) is 11.6 Å². The lowest BCUT2D eigenvalue weighted by atomic mass is 9.96. The van der Waals surface area contributed by atoms with E-state index in [1.54, 1.807) is 17.0 Å². The van der Waals surface area contributed by atoms with Gasteiger partial charge < -0.3 is 15.5 Å². The van der Waals surface area contributed by atoms with Crippen molar-refractivity contribution in [3.8, 4) is 0 Å². The lowest BCUT2D eigenvalue weighted by Crippen LogP contribution is -2.44. The Labute approximate surface area is 147 Å². The summed E-state index contributed by atoms with van der Waals surface area (Å²) < 4.78 is 0. The van der Waals surface area contributed by atoms with Gasteiger partial charge in [0.15, 0.2) is 0 Å². The summed E-state index contributed by atoms with van der Waals surface area (Å²) in [5.74, 6) is 0.238. The Kier molecular flexibility index (Phi) is 5.61. The summed E-state index contributed by atoms with van der Waals surface area (Å²) in [6, 6.07) is 7.46. The number of hydrogen-bond acceptors (Lipinski definition) is 2. The second-order valence-corrected chi connectivity index (χ2v) is 7.18. The third-order valence-corrected chi connectivity index (χ3v) is 5.09. The van der Waals surface area contributed by atoms with Gasteiger partial charge in [-0.3, -0.25) is 4.79 Å². The molecule has 2 aliphatic rings. The second-order valence-electron chi connectivity index (χ2n) is 6.74. The summed E-state index contributed by atoms with van der Waals surface area (Å²) in [7, 11) is 0. The Bertz CT molecular complexity index is 584. The van der Waals surface area contributed by atoms with Crippen molar-refractivity contribution in [2.24, 2.45) is 5.92 Å². The van der Waals surface area contributed by atoms with Crippen molar-refractivity contribution < 1.29 is 9.59 Å². The number of carbonyl (C=O) groups is 2. The van der Waals surface area contributed by atoms with Crippen LogP contribution in [0.15, 0.2) is 24.3 Å². The minimum atomic E-state index is -0.112. The van der Waals surface area contributed by atoms with Crippen LogP contribution in [0, 0.1) is 5.92 Å². The van der Waals surface area contributed by atoms with Crippen LogP contribution < -0.4 is 15.5 Å². The first kappa shape index (κ1) is 17.1. The van der Waals surface area contributed by atoms with Crippen LogP contribution in [0.5, 0.6) is 0 Å². The van der Waals surface area contributed by atoms with Crippen LogP contribution >= 0.6 is 11.6 Å². The fraction of sp³-hybridized carbons (Fsp3) is 0.556.